The molecular weight excluding hydrogens is 214 g/mol. The summed E-state index contributed by atoms with van der Waals surface area (Å²) >= 11 is 0. The number of halogens is 1. The standard InChI is InChI=1S/C11H15NO2.ClH/c1-8(13)10(12)11(14-2)9-6-4-3-5-7-9;/h3-7,10-11H,12H2,1-2H3;1H. The SMILES string of the molecule is COC(c1ccccc1)C(N)C(C)=O.Cl. The Hall–Kier alpha value is -0.900. The van der Waals surface area contributed by atoms with Crippen LogP contribution < -0.4 is 5.73 Å². The maximum Gasteiger partial charge on any atom is 0.149 e. The van der Waals surface area contributed by atoms with Gasteiger partial charge in [-0.2, -0.15) is 0 Å². The fourth-order valence-electron chi connectivity index (χ4n) is 1.35. The fourth-order valence-corrected chi connectivity index (χ4v) is 1.35. The molecule has 0 aromatic heterocycles. The molecule has 4 heteroatoms. The zero-order chi connectivity index (χ0) is 10.6. The number of methoxy groups -OCH3 is 1. The van der Waals surface area contributed by atoms with Crippen LogP contribution >= 0.6 is 12.4 Å². The van der Waals surface area contributed by atoms with E-state index in [1.165, 1.54) is 6.92 Å². The first-order valence-corrected chi connectivity index (χ1v) is 4.50. The Morgan fingerprint density at radius 1 is 1.33 bits per heavy atom. The predicted octanol–water partition coefficient (Wildman–Crippen LogP) is 1.71. The predicted molar refractivity (Wildman–Crippen MR) is 62.1 cm³/mol. The molecule has 0 heterocycles. The van der Waals surface area contributed by atoms with Gasteiger partial charge in [0.2, 0.25) is 0 Å². The van der Waals surface area contributed by atoms with Gasteiger partial charge in [0.05, 0.1) is 6.04 Å². The number of nitrogens with two attached hydrogens (primary N) is 1. The molecule has 0 fully saturated rings. The summed E-state index contributed by atoms with van der Waals surface area (Å²) in [5.41, 5.74) is 6.66. The molecule has 3 nitrogen and oxygen atoms in total. The first-order valence-electron chi connectivity index (χ1n) is 4.50. The van der Waals surface area contributed by atoms with Gasteiger partial charge >= 0.3 is 0 Å². The lowest BCUT2D eigenvalue weighted by Crippen LogP contribution is -2.36. The molecule has 0 spiro atoms. The van der Waals surface area contributed by atoms with Crippen molar-refractivity contribution in [3.05, 3.63) is 35.9 Å². The molecule has 0 aliphatic heterocycles. The van der Waals surface area contributed by atoms with Crippen LogP contribution in [0.5, 0.6) is 0 Å². The van der Waals surface area contributed by atoms with Crippen LogP contribution in [0.4, 0.5) is 0 Å². The number of hydrogen-bond acceptors (Lipinski definition) is 3. The van der Waals surface area contributed by atoms with Crippen molar-refractivity contribution in [1.29, 1.82) is 0 Å². The lowest BCUT2D eigenvalue weighted by Gasteiger charge is -2.20. The quantitative estimate of drug-likeness (QED) is 0.855. The number of carbonyl (C=O) groups excluding carboxylic acids is 1. The van der Waals surface area contributed by atoms with Crippen molar-refractivity contribution in [2.24, 2.45) is 5.73 Å². The summed E-state index contributed by atoms with van der Waals surface area (Å²) in [7, 11) is 1.56. The van der Waals surface area contributed by atoms with Gasteiger partial charge < -0.3 is 10.5 Å². The van der Waals surface area contributed by atoms with Gasteiger partial charge in [0.15, 0.2) is 0 Å². The van der Waals surface area contributed by atoms with Crippen LogP contribution in [0.25, 0.3) is 0 Å². The van der Waals surface area contributed by atoms with Crippen LogP contribution in [0.2, 0.25) is 0 Å². The molecule has 84 valence electrons. The highest BCUT2D eigenvalue weighted by Gasteiger charge is 2.22. The Balaban J connectivity index is 0.00000196. The molecule has 1 rings (SSSR count). The Bertz CT molecular complexity index is 303. The number of ether oxygens (including phenoxy) is 1. The first-order chi connectivity index (χ1) is 6.66. The van der Waals surface area contributed by atoms with Crippen LogP contribution in [-0.2, 0) is 9.53 Å². The van der Waals surface area contributed by atoms with Crippen molar-refractivity contribution in [1.82, 2.24) is 0 Å². The van der Waals surface area contributed by atoms with E-state index in [2.05, 4.69) is 0 Å². The summed E-state index contributed by atoms with van der Waals surface area (Å²) in [5.74, 6) is -0.0688. The largest absolute Gasteiger partial charge is 0.375 e. The Morgan fingerprint density at radius 2 is 1.87 bits per heavy atom. The van der Waals surface area contributed by atoms with Crippen LogP contribution in [-0.4, -0.2) is 18.9 Å². The minimum absolute atomic E-state index is 0. The summed E-state index contributed by atoms with van der Waals surface area (Å²) in [4.78, 5) is 11.1. The monoisotopic (exact) mass is 229 g/mol. The van der Waals surface area contributed by atoms with Gasteiger partial charge in [-0.15, -0.1) is 12.4 Å². The van der Waals surface area contributed by atoms with Gasteiger partial charge in [0.25, 0.3) is 0 Å². The third kappa shape index (κ3) is 3.63. The van der Waals surface area contributed by atoms with Gasteiger partial charge in [0, 0.05) is 7.11 Å². The molecule has 0 aliphatic carbocycles. The molecule has 0 bridgehead atoms. The van der Waals surface area contributed by atoms with E-state index in [1.54, 1.807) is 7.11 Å². The summed E-state index contributed by atoms with van der Waals surface area (Å²) in [6.07, 6.45) is -0.353. The molecule has 0 radical (unpaired) electrons. The first kappa shape index (κ1) is 14.1. The van der Waals surface area contributed by atoms with E-state index in [0.29, 0.717) is 0 Å². The third-order valence-electron chi connectivity index (χ3n) is 2.18. The lowest BCUT2D eigenvalue weighted by molar-refractivity contribution is -0.121. The van der Waals surface area contributed by atoms with Crippen molar-refractivity contribution >= 4 is 18.2 Å². The number of ketones is 1. The number of hydrogen-bond donors (Lipinski definition) is 1. The van der Waals surface area contributed by atoms with Crippen molar-refractivity contribution in [3.8, 4) is 0 Å². The zero-order valence-electron chi connectivity index (χ0n) is 8.84. The number of rotatable bonds is 4. The number of benzene rings is 1. The molecular formula is C11H16ClNO2. The average Bonchev–Trinajstić information content (AvgIpc) is 2.20. The second-order valence-corrected chi connectivity index (χ2v) is 3.20. The van der Waals surface area contributed by atoms with E-state index < -0.39 is 6.04 Å². The third-order valence-corrected chi connectivity index (χ3v) is 2.18. The lowest BCUT2D eigenvalue weighted by atomic mass is 10.0. The van der Waals surface area contributed by atoms with Gasteiger partial charge in [-0.05, 0) is 12.5 Å². The van der Waals surface area contributed by atoms with Crippen LogP contribution in [0.15, 0.2) is 30.3 Å². The van der Waals surface area contributed by atoms with Gasteiger partial charge in [-0.25, -0.2) is 0 Å². The molecule has 1 aromatic carbocycles. The highest BCUT2D eigenvalue weighted by Crippen LogP contribution is 2.19. The van der Waals surface area contributed by atoms with E-state index in [9.17, 15) is 4.79 Å². The maximum atomic E-state index is 11.1. The fraction of sp³-hybridized carbons (Fsp3) is 0.364. The normalized spacial score (nSPS) is 13.8. The number of Topliss-reactive ketones (excluding diaryl/α,β-unsaturated/α-hetero) is 1. The smallest absolute Gasteiger partial charge is 0.149 e. The topological polar surface area (TPSA) is 52.3 Å². The highest BCUT2D eigenvalue weighted by molar-refractivity contribution is 5.85. The molecule has 0 saturated heterocycles. The minimum Gasteiger partial charge on any atom is -0.375 e. The zero-order valence-corrected chi connectivity index (χ0v) is 9.66. The Morgan fingerprint density at radius 3 is 2.27 bits per heavy atom. The molecule has 2 unspecified atom stereocenters. The summed E-state index contributed by atoms with van der Waals surface area (Å²) in [6.45, 7) is 1.47. The second kappa shape index (κ2) is 6.56. The van der Waals surface area contributed by atoms with Crippen molar-refractivity contribution in [2.75, 3.05) is 7.11 Å². The average molecular weight is 230 g/mol. The Labute approximate surface area is 96.0 Å². The van der Waals surface area contributed by atoms with E-state index in [-0.39, 0.29) is 24.3 Å². The van der Waals surface area contributed by atoms with E-state index in [0.717, 1.165) is 5.56 Å². The molecule has 1 aromatic rings. The van der Waals surface area contributed by atoms with E-state index in [1.807, 2.05) is 30.3 Å². The summed E-state index contributed by atoms with van der Waals surface area (Å²) in [5, 5.41) is 0. The minimum atomic E-state index is -0.595. The molecule has 0 amide bonds. The molecule has 2 N–H and O–H groups in total. The van der Waals surface area contributed by atoms with E-state index in [4.69, 9.17) is 10.5 Å². The van der Waals surface area contributed by atoms with Crippen LogP contribution in [0.1, 0.15) is 18.6 Å². The summed E-state index contributed by atoms with van der Waals surface area (Å²) < 4.78 is 5.21. The Kier molecular flexibility index (Phi) is 6.17. The van der Waals surface area contributed by atoms with Gasteiger partial charge in [-0.3, -0.25) is 4.79 Å². The summed E-state index contributed by atoms with van der Waals surface area (Å²) in [6, 6.07) is 8.91. The molecule has 0 aliphatic rings. The molecule has 15 heavy (non-hydrogen) atoms. The van der Waals surface area contributed by atoms with Crippen LogP contribution in [0, 0.1) is 0 Å². The van der Waals surface area contributed by atoms with Gasteiger partial charge in [0.1, 0.15) is 11.9 Å². The number of carbonyl (C=O) groups is 1. The molecule has 0 saturated carbocycles. The van der Waals surface area contributed by atoms with Gasteiger partial charge in [-0.1, -0.05) is 30.3 Å². The molecule has 2 atom stereocenters. The van der Waals surface area contributed by atoms with E-state index >= 15 is 0 Å². The van der Waals surface area contributed by atoms with Crippen molar-refractivity contribution in [2.45, 2.75) is 19.1 Å². The van der Waals surface area contributed by atoms with Crippen molar-refractivity contribution < 1.29 is 9.53 Å². The second-order valence-electron chi connectivity index (χ2n) is 3.20. The maximum absolute atomic E-state index is 11.1. The van der Waals surface area contributed by atoms with Crippen molar-refractivity contribution in [3.63, 3.8) is 0 Å². The van der Waals surface area contributed by atoms with Crippen LogP contribution in [0.3, 0.4) is 0 Å². The highest BCUT2D eigenvalue weighted by atomic mass is 35.5.